The summed E-state index contributed by atoms with van der Waals surface area (Å²) in [5.74, 6) is 0. The molecule has 9 aromatic rings. The second-order valence-electron chi connectivity index (χ2n) is 15.4. The van der Waals surface area contributed by atoms with Crippen LogP contribution in [0.1, 0.15) is 0 Å². The average molecular weight is 750 g/mol. The van der Waals surface area contributed by atoms with Crippen molar-refractivity contribution in [2.24, 2.45) is 0 Å². The Labute approximate surface area is 324 Å². The molecule has 0 spiro atoms. The van der Waals surface area contributed by atoms with E-state index in [0.29, 0.717) is 0 Å². The normalized spacial score (nSPS) is 15.8. The van der Waals surface area contributed by atoms with E-state index in [9.17, 15) is 0 Å². The lowest BCUT2D eigenvalue weighted by atomic mass is 10.0. The van der Waals surface area contributed by atoms with Crippen molar-refractivity contribution >= 4 is 79.4 Å². The quantitative estimate of drug-likeness (QED) is 0.173. The third kappa shape index (κ3) is 4.60. The second-order valence-corrected chi connectivity index (χ2v) is 23.5. The third-order valence-electron chi connectivity index (χ3n) is 11.8. The Morgan fingerprint density at radius 3 is 1.83 bits per heavy atom. The first kappa shape index (κ1) is 32.2. The largest absolute Gasteiger partial charge is 0.310 e. The van der Waals surface area contributed by atoms with E-state index in [0.717, 1.165) is 5.69 Å². The molecule has 0 radical (unpaired) electrons. The SMILES string of the molecule is CS1(C)c2ccccc2-c2ccc(N(c3ccc(-c4ccc5ccccc5c4)cc3)c3ccc4c(c3)S(C)(C)c3ccc5c(sc6ccccc65)c3-4)cc21. The molecule has 1 aromatic heterocycles. The van der Waals surface area contributed by atoms with Crippen LogP contribution in [0.15, 0.2) is 183 Å². The zero-order chi connectivity index (χ0) is 36.3. The molecule has 54 heavy (non-hydrogen) atoms. The first-order chi connectivity index (χ1) is 26.3. The van der Waals surface area contributed by atoms with E-state index in [2.05, 4.69) is 194 Å². The van der Waals surface area contributed by atoms with Crippen molar-refractivity contribution in [3.8, 4) is 33.4 Å². The van der Waals surface area contributed by atoms with E-state index in [-0.39, 0.29) is 0 Å². The van der Waals surface area contributed by atoms with Crippen molar-refractivity contribution in [3.63, 3.8) is 0 Å². The smallest absolute Gasteiger partial charge is 0.0472 e. The van der Waals surface area contributed by atoms with Gasteiger partial charge in [0, 0.05) is 62.4 Å². The van der Waals surface area contributed by atoms with E-state index in [1.165, 1.54) is 95.3 Å². The van der Waals surface area contributed by atoms with Crippen molar-refractivity contribution < 1.29 is 0 Å². The zero-order valence-corrected chi connectivity index (χ0v) is 33.2. The summed E-state index contributed by atoms with van der Waals surface area (Å²) in [5.41, 5.74) is 11.6. The predicted octanol–water partition coefficient (Wildman–Crippen LogP) is 15.3. The fraction of sp³-hybridized carbons (Fsp3) is 0.0800. The number of rotatable bonds is 4. The molecule has 2 aliphatic heterocycles. The van der Waals surface area contributed by atoms with Gasteiger partial charge in [0.15, 0.2) is 0 Å². The fourth-order valence-electron chi connectivity index (χ4n) is 9.01. The molecule has 0 unspecified atom stereocenters. The second kappa shape index (κ2) is 11.6. The van der Waals surface area contributed by atoms with Crippen LogP contribution in [0, 0.1) is 0 Å². The minimum Gasteiger partial charge on any atom is -0.310 e. The van der Waals surface area contributed by atoms with E-state index < -0.39 is 20.1 Å². The molecule has 0 saturated carbocycles. The zero-order valence-electron chi connectivity index (χ0n) is 30.8. The van der Waals surface area contributed by atoms with E-state index >= 15 is 0 Å². The van der Waals surface area contributed by atoms with Gasteiger partial charge in [-0.05, 0) is 124 Å². The van der Waals surface area contributed by atoms with Crippen LogP contribution in [-0.2, 0) is 0 Å². The van der Waals surface area contributed by atoms with Gasteiger partial charge in [-0.1, -0.05) is 103 Å². The van der Waals surface area contributed by atoms with Crippen molar-refractivity contribution in [1.82, 2.24) is 0 Å². The maximum atomic E-state index is 2.51. The Morgan fingerprint density at radius 2 is 1.02 bits per heavy atom. The van der Waals surface area contributed by atoms with Gasteiger partial charge in [0.25, 0.3) is 0 Å². The van der Waals surface area contributed by atoms with Gasteiger partial charge in [-0.15, -0.1) is 11.3 Å². The molecule has 11 rings (SSSR count). The number of hydrogen-bond acceptors (Lipinski definition) is 2. The van der Waals surface area contributed by atoms with Crippen LogP contribution in [0.25, 0.3) is 64.3 Å². The molecular formula is C50H39NS3. The lowest BCUT2D eigenvalue weighted by molar-refractivity contribution is 1.25. The van der Waals surface area contributed by atoms with Gasteiger partial charge in [0.2, 0.25) is 0 Å². The molecule has 8 aromatic carbocycles. The summed E-state index contributed by atoms with van der Waals surface area (Å²) < 4.78 is 2.78. The standard InChI is InChI=1S/C50H39NS3/c1-53(2)45-16-10-8-14-40(45)41-25-23-37(30-47(41)53)51(36-21-19-33(20-22-36)35-18-17-32-11-5-6-12-34(32)29-35)38-24-26-43-48(31-38)54(3,4)46-28-27-42-39-13-7-9-15-44(39)52-50(42)49(43)46/h5-31H,1-4H3. The number of thiophene rings is 1. The lowest BCUT2D eigenvalue weighted by Crippen LogP contribution is -2.11. The summed E-state index contributed by atoms with van der Waals surface area (Å²) in [5, 5.41) is 5.27. The van der Waals surface area contributed by atoms with Crippen molar-refractivity contribution in [2.75, 3.05) is 29.9 Å². The summed E-state index contributed by atoms with van der Waals surface area (Å²) in [6.45, 7) is 0. The first-order valence-corrected chi connectivity index (χ1v) is 24.2. The fourth-order valence-corrected chi connectivity index (χ4v) is 15.4. The molecule has 0 atom stereocenters. The van der Waals surface area contributed by atoms with E-state index in [1.807, 2.05) is 11.3 Å². The minimum absolute atomic E-state index is 1.16. The number of anilines is 3. The number of nitrogens with zero attached hydrogens (tertiary/aromatic N) is 1. The highest BCUT2D eigenvalue weighted by Crippen LogP contribution is 2.70. The van der Waals surface area contributed by atoms with E-state index in [1.54, 1.807) is 0 Å². The van der Waals surface area contributed by atoms with Gasteiger partial charge < -0.3 is 4.90 Å². The van der Waals surface area contributed by atoms with Crippen molar-refractivity contribution in [1.29, 1.82) is 0 Å². The molecule has 0 amide bonds. The molecule has 1 nitrogen and oxygen atoms in total. The van der Waals surface area contributed by atoms with Gasteiger partial charge in [0.05, 0.1) is 0 Å². The molecule has 3 heterocycles. The molecule has 0 aliphatic carbocycles. The molecule has 0 bridgehead atoms. The Balaban J connectivity index is 1.08. The molecule has 0 N–H and O–H groups in total. The van der Waals surface area contributed by atoms with Gasteiger partial charge in [-0.2, -0.15) is 20.1 Å². The lowest BCUT2D eigenvalue weighted by Gasteiger charge is -2.32. The monoisotopic (exact) mass is 749 g/mol. The maximum Gasteiger partial charge on any atom is 0.0472 e. The first-order valence-electron chi connectivity index (χ1n) is 18.5. The summed E-state index contributed by atoms with van der Waals surface area (Å²) in [4.78, 5) is 8.41. The maximum absolute atomic E-state index is 2.51. The Hall–Kier alpha value is -5.26. The molecule has 2 aliphatic rings. The number of hydrogen-bond donors (Lipinski definition) is 0. The average Bonchev–Trinajstić information content (AvgIpc) is 3.78. The van der Waals surface area contributed by atoms with Crippen LogP contribution in [0.5, 0.6) is 0 Å². The number of fused-ring (bicyclic) bond motifs is 11. The molecule has 4 heteroatoms. The number of benzene rings is 8. The van der Waals surface area contributed by atoms with Gasteiger partial charge in [0.1, 0.15) is 0 Å². The molecule has 262 valence electrons. The van der Waals surface area contributed by atoms with E-state index in [4.69, 9.17) is 0 Å². The summed E-state index contributed by atoms with van der Waals surface area (Å²) >= 11 is 1.95. The Kier molecular flexibility index (Phi) is 6.93. The Morgan fingerprint density at radius 1 is 0.407 bits per heavy atom. The highest BCUT2D eigenvalue weighted by molar-refractivity contribution is 8.33. The van der Waals surface area contributed by atoms with Crippen LogP contribution in [-0.4, -0.2) is 25.0 Å². The van der Waals surface area contributed by atoms with Crippen molar-refractivity contribution in [3.05, 3.63) is 164 Å². The summed E-state index contributed by atoms with van der Waals surface area (Å²) in [6.07, 6.45) is 9.89. The topological polar surface area (TPSA) is 3.24 Å². The third-order valence-corrected chi connectivity index (χ3v) is 18.8. The highest BCUT2D eigenvalue weighted by atomic mass is 32.3. The highest BCUT2D eigenvalue weighted by Gasteiger charge is 2.36. The van der Waals surface area contributed by atoms with Crippen LogP contribution in [0.4, 0.5) is 17.1 Å². The summed E-state index contributed by atoms with van der Waals surface area (Å²) in [6, 6.07) is 61.8. The molecular weight excluding hydrogens is 711 g/mol. The minimum atomic E-state index is -1.26. The Bertz CT molecular complexity index is 3000. The van der Waals surface area contributed by atoms with Gasteiger partial charge in [-0.3, -0.25) is 0 Å². The van der Waals surface area contributed by atoms with Crippen LogP contribution in [0.3, 0.4) is 0 Å². The predicted molar refractivity (Wildman–Crippen MR) is 240 cm³/mol. The van der Waals surface area contributed by atoms with Gasteiger partial charge in [-0.25, -0.2) is 0 Å². The molecule has 0 saturated heterocycles. The van der Waals surface area contributed by atoms with Gasteiger partial charge >= 0.3 is 0 Å². The van der Waals surface area contributed by atoms with Crippen LogP contribution >= 0.6 is 31.4 Å². The van der Waals surface area contributed by atoms with Crippen LogP contribution in [0.2, 0.25) is 0 Å². The molecule has 0 fully saturated rings. The van der Waals surface area contributed by atoms with Crippen molar-refractivity contribution in [2.45, 2.75) is 19.6 Å². The van der Waals surface area contributed by atoms with Crippen LogP contribution < -0.4 is 4.90 Å². The summed E-state index contributed by atoms with van der Waals surface area (Å²) in [7, 11) is -2.42.